The summed E-state index contributed by atoms with van der Waals surface area (Å²) in [6.45, 7) is 3.90. The number of hydrogen-bond donors (Lipinski definition) is 1. The van der Waals surface area contributed by atoms with E-state index in [9.17, 15) is 0 Å². The van der Waals surface area contributed by atoms with Crippen molar-refractivity contribution in [3.8, 4) is 5.69 Å². The molecular weight excluding hydrogens is 210 g/mol. The first kappa shape index (κ1) is 10.1. The Morgan fingerprint density at radius 2 is 2.07 bits per heavy atom. The van der Waals surface area contributed by atoms with Gasteiger partial charge in [-0.15, -0.1) is 0 Å². The molecule has 1 aromatic carbocycles. The van der Waals surface area contributed by atoms with E-state index in [-0.39, 0.29) is 0 Å². The maximum atomic E-state index is 6.05. The fourth-order valence-electron chi connectivity index (χ4n) is 1.40. The van der Waals surface area contributed by atoms with Gasteiger partial charge in [0.05, 0.1) is 23.3 Å². The van der Waals surface area contributed by atoms with E-state index in [1.807, 2.05) is 32.0 Å². The highest BCUT2D eigenvalue weighted by molar-refractivity contribution is 6.31. The van der Waals surface area contributed by atoms with Crippen LogP contribution in [0.2, 0.25) is 5.02 Å². The normalized spacial score (nSPS) is 10.6. The monoisotopic (exact) mass is 221 g/mol. The van der Waals surface area contributed by atoms with Gasteiger partial charge in [-0.25, -0.2) is 4.68 Å². The van der Waals surface area contributed by atoms with Crippen molar-refractivity contribution in [1.82, 2.24) is 9.78 Å². The van der Waals surface area contributed by atoms with Crippen molar-refractivity contribution in [3.63, 3.8) is 0 Å². The molecule has 0 aliphatic rings. The van der Waals surface area contributed by atoms with Crippen LogP contribution in [0.15, 0.2) is 24.4 Å². The standard InChI is InChI=1S/C11H12ClN3/c1-7-3-4-9(5-10(7)12)15-8(2)11(13)6-14-15/h3-6H,13H2,1-2H3. The van der Waals surface area contributed by atoms with Gasteiger partial charge < -0.3 is 5.73 Å². The first-order valence-electron chi connectivity index (χ1n) is 4.66. The Kier molecular flexibility index (Phi) is 2.40. The molecule has 0 fully saturated rings. The van der Waals surface area contributed by atoms with Crippen LogP contribution in [-0.2, 0) is 0 Å². The minimum Gasteiger partial charge on any atom is -0.396 e. The van der Waals surface area contributed by atoms with E-state index in [4.69, 9.17) is 17.3 Å². The first-order chi connectivity index (χ1) is 7.09. The molecule has 0 atom stereocenters. The summed E-state index contributed by atoms with van der Waals surface area (Å²) in [5.41, 5.74) is 9.33. The van der Waals surface area contributed by atoms with Crippen molar-refractivity contribution in [2.24, 2.45) is 0 Å². The summed E-state index contributed by atoms with van der Waals surface area (Å²) >= 11 is 6.05. The van der Waals surface area contributed by atoms with Crippen molar-refractivity contribution in [3.05, 3.63) is 40.7 Å². The summed E-state index contributed by atoms with van der Waals surface area (Å²) in [6.07, 6.45) is 1.64. The number of benzene rings is 1. The van der Waals surface area contributed by atoms with Crippen LogP contribution < -0.4 is 5.73 Å². The van der Waals surface area contributed by atoms with Gasteiger partial charge in [0.25, 0.3) is 0 Å². The van der Waals surface area contributed by atoms with Crippen LogP contribution in [-0.4, -0.2) is 9.78 Å². The summed E-state index contributed by atoms with van der Waals surface area (Å²) in [4.78, 5) is 0. The number of anilines is 1. The quantitative estimate of drug-likeness (QED) is 0.805. The molecule has 4 heteroatoms. The van der Waals surface area contributed by atoms with E-state index in [1.165, 1.54) is 0 Å². The molecule has 0 spiro atoms. The zero-order valence-corrected chi connectivity index (χ0v) is 9.42. The smallest absolute Gasteiger partial charge is 0.0734 e. The second-order valence-corrected chi connectivity index (χ2v) is 3.94. The average molecular weight is 222 g/mol. The number of nitrogens with zero attached hydrogens (tertiary/aromatic N) is 2. The zero-order chi connectivity index (χ0) is 11.0. The van der Waals surface area contributed by atoms with Crippen LogP contribution in [0.5, 0.6) is 0 Å². The van der Waals surface area contributed by atoms with Gasteiger partial charge in [-0.1, -0.05) is 17.7 Å². The Labute approximate surface area is 93.5 Å². The fraction of sp³-hybridized carbons (Fsp3) is 0.182. The van der Waals surface area contributed by atoms with E-state index in [0.29, 0.717) is 5.69 Å². The lowest BCUT2D eigenvalue weighted by molar-refractivity contribution is 0.847. The lowest BCUT2D eigenvalue weighted by Crippen LogP contribution is -1.99. The molecule has 0 bridgehead atoms. The van der Waals surface area contributed by atoms with Crippen LogP contribution in [0.25, 0.3) is 5.69 Å². The Morgan fingerprint density at radius 1 is 1.33 bits per heavy atom. The van der Waals surface area contributed by atoms with Crippen LogP contribution in [0.3, 0.4) is 0 Å². The molecule has 0 aliphatic heterocycles. The molecule has 0 amide bonds. The van der Waals surface area contributed by atoms with Gasteiger partial charge in [0, 0.05) is 5.02 Å². The third-order valence-corrected chi connectivity index (χ3v) is 2.85. The van der Waals surface area contributed by atoms with Crippen LogP contribution in [0, 0.1) is 13.8 Å². The molecular formula is C11H12ClN3. The zero-order valence-electron chi connectivity index (χ0n) is 8.66. The molecule has 2 rings (SSSR count). The topological polar surface area (TPSA) is 43.8 Å². The molecule has 0 radical (unpaired) electrons. The number of hydrogen-bond acceptors (Lipinski definition) is 2. The fourth-order valence-corrected chi connectivity index (χ4v) is 1.57. The Balaban J connectivity index is 2.55. The second kappa shape index (κ2) is 3.59. The number of rotatable bonds is 1. The maximum absolute atomic E-state index is 6.05. The highest BCUT2D eigenvalue weighted by Crippen LogP contribution is 2.21. The van der Waals surface area contributed by atoms with Gasteiger partial charge >= 0.3 is 0 Å². The SMILES string of the molecule is Cc1ccc(-n2ncc(N)c2C)cc1Cl. The van der Waals surface area contributed by atoms with E-state index < -0.39 is 0 Å². The third kappa shape index (κ3) is 1.70. The van der Waals surface area contributed by atoms with E-state index in [1.54, 1.807) is 10.9 Å². The molecule has 0 saturated carbocycles. The minimum atomic E-state index is 0.687. The molecule has 0 aliphatic carbocycles. The van der Waals surface area contributed by atoms with E-state index in [0.717, 1.165) is 22.0 Å². The molecule has 2 N–H and O–H groups in total. The summed E-state index contributed by atoms with van der Waals surface area (Å²) in [7, 11) is 0. The van der Waals surface area contributed by atoms with Crippen LogP contribution in [0.1, 0.15) is 11.3 Å². The van der Waals surface area contributed by atoms with E-state index in [2.05, 4.69) is 5.10 Å². The van der Waals surface area contributed by atoms with Crippen molar-refractivity contribution >= 4 is 17.3 Å². The summed E-state index contributed by atoms with van der Waals surface area (Å²) in [5.74, 6) is 0. The van der Waals surface area contributed by atoms with Crippen molar-refractivity contribution < 1.29 is 0 Å². The lowest BCUT2D eigenvalue weighted by Gasteiger charge is -2.06. The summed E-state index contributed by atoms with van der Waals surface area (Å²) < 4.78 is 1.78. The number of nitrogens with two attached hydrogens (primary N) is 1. The largest absolute Gasteiger partial charge is 0.396 e. The third-order valence-electron chi connectivity index (χ3n) is 2.45. The number of nitrogen functional groups attached to an aromatic ring is 1. The molecule has 1 heterocycles. The van der Waals surface area contributed by atoms with Gasteiger partial charge in [-0.2, -0.15) is 5.10 Å². The van der Waals surface area contributed by atoms with Gasteiger partial charge in [0.1, 0.15) is 0 Å². The van der Waals surface area contributed by atoms with Crippen LogP contribution >= 0.6 is 11.6 Å². The van der Waals surface area contributed by atoms with Crippen molar-refractivity contribution in [2.75, 3.05) is 5.73 Å². The van der Waals surface area contributed by atoms with Gasteiger partial charge in [-0.05, 0) is 31.5 Å². The number of aromatic nitrogens is 2. The van der Waals surface area contributed by atoms with E-state index >= 15 is 0 Å². The van der Waals surface area contributed by atoms with Gasteiger partial charge in [0.2, 0.25) is 0 Å². The molecule has 0 saturated heterocycles. The highest BCUT2D eigenvalue weighted by Gasteiger charge is 2.06. The van der Waals surface area contributed by atoms with Crippen molar-refractivity contribution in [1.29, 1.82) is 0 Å². The number of halogens is 1. The summed E-state index contributed by atoms with van der Waals surface area (Å²) in [5, 5.41) is 4.93. The molecule has 3 nitrogen and oxygen atoms in total. The van der Waals surface area contributed by atoms with Crippen LogP contribution in [0.4, 0.5) is 5.69 Å². The van der Waals surface area contributed by atoms with Gasteiger partial charge in [0.15, 0.2) is 0 Å². The molecule has 78 valence electrons. The molecule has 15 heavy (non-hydrogen) atoms. The molecule has 1 aromatic heterocycles. The highest BCUT2D eigenvalue weighted by atomic mass is 35.5. The lowest BCUT2D eigenvalue weighted by atomic mass is 10.2. The maximum Gasteiger partial charge on any atom is 0.0734 e. The minimum absolute atomic E-state index is 0.687. The Morgan fingerprint density at radius 3 is 2.60 bits per heavy atom. The first-order valence-corrected chi connectivity index (χ1v) is 5.04. The number of aryl methyl sites for hydroxylation is 1. The summed E-state index contributed by atoms with van der Waals surface area (Å²) in [6, 6.07) is 5.83. The predicted molar refractivity (Wildman–Crippen MR) is 62.5 cm³/mol. The second-order valence-electron chi connectivity index (χ2n) is 3.53. The average Bonchev–Trinajstić information content (AvgIpc) is 2.53. The predicted octanol–water partition coefficient (Wildman–Crippen LogP) is 2.72. The van der Waals surface area contributed by atoms with Crippen molar-refractivity contribution in [2.45, 2.75) is 13.8 Å². The Hall–Kier alpha value is -1.48. The van der Waals surface area contributed by atoms with Gasteiger partial charge in [-0.3, -0.25) is 0 Å². The molecule has 0 unspecified atom stereocenters. The Bertz CT molecular complexity index is 503. The molecule has 2 aromatic rings.